The van der Waals surface area contributed by atoms with Gasteiger partial charge in [-0.3, -0.25) is 9.36 Å². The van der Waals surface area contributed by atoms with Gasteiger partial charge in [0.1, 0.15) is 10.6 Å². The van der Waals surface area contributed by atoms with E-state index in [-0.39, 0.29) is 5.91 Å². The molecular weight excluding hydrogens is 420 g/mol. The number of hydrogen-bond acceptors (Lipinski definition) is 5. The fourth-order valence-corrected chi connectivity index (χ4v) is 6.58. The van der Waals surface area contributed by atoms with Gasteiger partial charge in [-0.05, 0) is 23.3 Å². The Labute approximate surface area is 188 Å². The molecule has 2 aliphatic heterocycles. The largest absolute Gasteiger partial charge is 0.466 e. The molecule has 0 bridgehead atoms. The van der Waals surface area contributed by atoms with Gasteiger partial charge in [0.2, 0.25) is 5.91 Å². The van der Waals surface area contributed by atoms with Crippen LogP contribution in [0, 0.1) is 5.92 Å². The van der Waals surface area contributed by atoms with Gasteiger partial charge in [0.25, 0.3) is 0 Å². The standard InChI is InChI=1S/C26H18N2O3S/c1-31-24(30)20-21-23(29)28-19-15-9-8-14-18(19)27-25(28)26(21,17-12-6-3-7-13-17)32-22(20)16-10-4-2-5-11-16/h2-15,21H,1H3. The minimum atomic E-state index is -0.855. The molecule has 0 saturated heterocycles. The second-order valence-electron chi connectivity index (χ2n) is 7.83. The summed E-state index contributed by atoms with van der Waals surface area (Å²) in [5.41, 5.74) is 3.73. The molecular formula is C26H18N2O3S. The molecule has 6 rings (SSSR count). The van der Waals surface area contributed by atoms with E-state index < -0.39 is 16.6 Å². The van der Waals surface area contributed by atoms with Crippen LogP contribution < -0.4 is 0 Å². The van der Waals surface area contributed by atoms with Crippen molar-refractivity contribution >= 4 is 39.6 Å². The van der Waals surface area contributed by atoms with E-state index in [0.717, 1.165) is 27.1 Å². The zero-order valence-electron chi connectivity index (χ0n) is 17.2. The fourth-order valence-electron chi connectivity index (χ4n) is 4.87. The number of imidazole rings is 1. The van der Waals surface area contributed by atoms with Gasteiger partial charge in [-0.25, -0.2) is 9.78 Å². The summed E-state index contributed by atoms with van der Waals surface area (Å²) in [6.07, 6.45) is 0. The van der Waals surface area contributed by atoms with Crippen molar-refractivity contribution in [3.05, 3.63) is 107 Å². The number of carbonyl (C=O) groups excluding carboxylic acids is 2. The van der Waals surface area contributed by atoms with Crippen LogP contribution in [0.1, 0.15) is 21.7 Å². The van der Waals surface area contributed by atoms with Crippen LogP contribution in [0.15, 0.2) is 90.5 Å². The van der Waals surface area contributed by atoms with Gasteiger partial charge in [0.15, 0.2) is 0 Å². The van der Waals surface area contributed by atoms with Crippen LogP contribution in [-0.2, 0) is 14.3 Å². The van der Waals surface area contributed by atoms with Crippen molar-refractivity contribution in [2.45, 2.75) is 4.75 Å². The maximum Gasteiger partial charge on any atom is 0.335 e. The summed E-state index contributed by atoms with van der Waals surface area (Å²) < 4.78 is 6.02. The number of hydrogen-bond donors (Lipinski definition) is 0. The molecule has 2 unspecified atom stereocenters. The molecule has 0 N–H and O–H groups in total. The molecule has 32 heavy (non-hydrogen) atoms. The zero-order chi connectivity index (χ0) is 21.9. The monoisotopic (exact) mass is 438 g/mol. The summed E-state index contributed by atoms with van der Waals surface area (Å²) in [6, 6.07) is 27.2. The number of rotatable bonds is 3. The van der Waals surface area contributed by atoms with Crippen molar-refractivity contribution in [2.75, 3.05) is 7.11 Å². The van der Waals surface area contributed by atoms with Crippen molar-refractivity contribution in [3.8, 4) is 0 Å². The zero-order valence-corrected chi connectivity index (χ0v) is 18.0. The Kier molecular flexibility index (Phi) is 4.13. The molecule has 0 spiro atoms. The van der Waals surface area contributed by atoms with Gasteiger partial charge in [0.05, 0.1) is 29.6 Å². The van der Waals surface area contributed by atoms with Gasteiger partial charge in [-0.2, -0.15) is 0 Å². The summed E-state index contributed by atoms with van der Waals surface area (Å²) in [4.78, 5) is 32.8. The van der Waals surface area contributed by atoms with E-state index in [0.29, 0.717) is 11.4 Å². The number of ether oxygens (including phenoxy) is 1. The average Bonchev–Trinajstić information content (AvgIpc) is 3.48. The molecule has 0 amide bonds. The molecule has 5 nitrogen and oxygen atoms in total. The first-order valence-electron chi connectivity index (χ1n) is 10.3. The van der Waals surface area contributed by atoms with E-state index in [1.807, 2.05) is 84.9 Å². The highest BCUT2D eigenvalue weighted by Crippen LogP contribution is 2.65. The van der Waals surface area contributed by atoms with E-state index in [4.69, 9.17) is 9.72 Å². The van der Waals surface area contributed by atoms with Gasteiger partial charge in [-0.15, -0.1) is 11.8 Å². The first-order valence-corrected chi connectivity index (χ1v) is 11.1. The first kappa shape index (κ1) is 19.1. The lowest BCUT2D eigenvalue weighted by Gasteiger charge is -2.27. The lowest BCUT2D eigenvalue weighted by Crippen LogP contribution is -2.32. The van der Waals surface area contributed by atoms with E-state index in [2.05, 4.69) is 0 Å². The number of aromatic nitrogens is 2. The third kappa shape index (κ3) is 2.38. The number of methoxy groups -OCH3 is 1. The van der Waals surface area contributed by atoms with Gasteiger partial charge in [-0.1, -0.05) is 72.8 Å². The molecule has 156 valence electrons. The molecule has 3 aromatic carbocycles. The summed E-state index contributed by atoms with van der Waals surface area (Å²) in [7, 11) is 1.36. The normalized spacial score (nSPS) is 21.7. The van der Waals surface area contributed by atoms with Crippen LogP contribution in [-0.4, -0.2) is 28.5 Å². The van der Waals surface area contributed by atoms with Crippen LogP contribution in [0.4, 0.5) is 0 Å². The van der Waals surface area contributed by atoms with E-state index in [9.17, 15) is 9.59 Å². The Morgan fingerprint density at radius 1 is 0.969 bits per heavy atom. The van der Waals surface area contributed by atoms with Crippen molar-refractivity contribution < 1.29 is 14.3 Å². The van der Waals surface area contributed by atoms with Crippen LogP contribution in [0.5, 0.6) is 0 Å². The van der Waals surface area contributed by atoms with Crippen LogP contribution in [0.3, 0.4) is 0 Å². The molecule has 0 radical (unpaired) electrons. The first-order chi connectivity index (χ1) is 15.7. The predicted octanol–water partition coefficient (Wildman–Crippen LogP) is 4.88. The van der Waals surface area contributed by atoms with Crippen molar-refractivity contribution in [3.63, 3.8) is 0 Å². The van der Waals surface area contributed by atoms with Crippen LogP contribution in [0.25, 0.3) is 15.9 Å². The molecule has 0 saturated carbocycles. The fraction of sp³-hybridized carbons (Fsp3) is 0.115. The maximum absolute atomic E-state index is 14.0. The maximum atomic E-state index is 14.0. The average molecular weight is 439 g/mol. The highest BCUT2D eigenvalue weighted by Gasteiger charge is 2.64. The minimum Gasteiger partial charge on any atom is -0.466 e. The van der Waals surface area contributed by atoms with Gasteiger partial charge < -0.3 is 4.74 Å². The molecule has 2 atom stereocenters. The molecule has 0 aliphatic carbocycles. The van der Waals surface area contributed by atoms with Crippen LogP contribution >= 0.6 is 11.8 Å². The Bertz CT molecular complexity index is 1430. The third-order valence-corrected chi connectivity index (χ3v) is 7.84. The summed E-state index contributed by atoms with van der Waals surface area (Å²) >= 11 is 1.52. The van der Waals surface area contributed by atoms with Gasteiger partial charge in [0, 0.05) is 4.91 Å². The van der Waals surface area contributed by atoms with Crippen molar-refractivity contribution in [2.24, 2.45) is 5.92 Å². The smallest absolute Gasteiger partial charge is 0.335 e. The summed E-state index contributed by atoms with van der Waals surface area (Å²) in [6.45, 7) is 0. The number of thioether (sulfide) groups is 1. The molecule has 0 fully saturated rings. The number of benzene rings is 3. The van der Waals surface area contributed by atoms with E-state index in [1.165, 1.54) is 18.9 Å². The second kappa shape index (κ2) is 6.93. The number of fused-ring (bicyclic) bond motifs is 5. The lowest BCUT2D eigenvalue weighted by atomic mass is 9.81. The highest BCUT2D eigenvalue weighted by molar-refractivity contribution is 8.09. The topological polar surface area (TPSA) is 61.2 Å². The van der Waals surface area contributed by atoms with Gasteiger partial charge >= 0.3 is 5.97 Å². The Balaban J connectivity index is 1.69. The molecule has 6 heteroatoms. The number of para-hydroxylation sites is 2. The van der Waals surface area contributed by atoms with E-state index in [1.54, 1.807) is 4.57 Å². The van der Waals surface area contributed by atoms with Crippen LogP contribution in [0.2, 0.25) is 0 Å². The summed E-state index contributed by atoms with van der Waals surface area (Å²) in [5, 5.41) is 0. The minimum absolute atomic E-state index is 0.156. The predicted molar refractivity (Wildman–Crippen MR) is 124 cm³/mol. The number of esters is 1. The molecule has 3 heterocycles. The summed E-state index contributed by atoms with van der Waals surface area (Å²) in [5.74, 6) is -0.721. The Hall–Kier alpha value is -3.64. The molecule has 2 aliphatic rings. The number of nitrogens with zero attached hydrogens (tertiary/aromatic N) is 2. The van der Waals surface area contributed by atoms with E-state index >= 15 is 0 Å². The molecule has 1 aromatic heterocycles. The third-order valence-electron chi connectivity index (χ3n) is 6.21. The molecule has 4 aromatic rings. The lowest BCUT2D eigenvalue weighted by molar-refractivity contribution is -0.136. The quantitative estimate of drug-likeness (QED) is 0.427. The Morgan fingerprint density at radius 2 is 1.62 bits per heavy atom. The van der Waals surface area contributed by atoms with Crippen molar-refractivity contribution in [1.29, 1.82) is 0 Å². The Morgan fingerprint density at radius 3 is 2.34 bits per heavy atom. The second-order valence-corrected chi connectivity index (χ2v) is 9.09. The SMILES string of the molecule is COC(=O)C1=C(c2ccccc2)SC2(c3ccccc3)c3nc4ccccc4n3C(=O)C12. The van der Waals surface area contributed by atoms with Crippen molar-refractivity contribution in [1.82, 2.24) is 9.55 Å². The number of carbonyl (C=O) groups is 2. The highest BCUT2D eigenvalue weighted by atomic mass is 32.2.